The van der Waals surface area contributed by atoms with Crippen LogP contribution in [0.15, 0.2) is 53.9 Å². The number of amides is 1. The van der Waals surface area contributed by atoms with Gasteiger partial charge in [0.25, 0.3) is 5.91 Å². The summed E-state index contributed by atoms with van der Waals surface area (Å²) in [6.07, 6.45) is 0. The molecule has 0 atom stereocenters. The molecule has 1 aromatic heterocycles. The van der Waals surface area contributed by atoms with Crippen LogP contribution in [0.3, 0.4) is 0 Å². The number of carbonyl (C=O) groups is 1. The summed E-state index contributed by atoms with van der Waals surface area (Å²) in [4.78, 5) is 16.9. The number of methoxy groups -OCH3 is 1. The molecule has 0 fully saturated rings. The Balaban J connectivity index is 1.72. The molecule has 3 rings (SSSR count). The number of thiazole rings is 1. The molecule has 1 heterocycles. The van der Waals surface area contributed by atoms with E-state index in [9.17, 15) is 9.18 Å². The molecule has 0 bridgehead atoms. The van der Waals surface area contributed by atoms with Gasteiger partial charge in [0.05, 0.1) is 12.7 Å². The summed E-state index contributed by atoms with van der Waals surface area (Å²) >= 11 is 1.38. The Bertz CT molecular complexity index is 953. The normalized spacial score (nSPS) is 11.3. The van der Waals surface area contributed by atoms with Gasteiger partial charge in [-0.3, -0.25) is 4.79 Å². The van der Waals surface area contributed by atoms with Crippen molar-refractivity contribution in [1.82, 2.24) is 10.3 Å². The minimum Gasteiger partial charge on any atom is -0.496 e. The summed E-state index contributed by atoms with van der Waals surface area (Å²) in [6, 6.07) is 14.2. The van der Waals surface area contributed by atoms with Crippen molar-refractivity contribution in [1.29, 1.82) is 0 Å². The molecule has 6 heteroatoms. The SMILES string of the molecule is COc1ccccc1-c1nc(C(=O)NCC(C)(C)c2ccccc2F)cs1. The molecule has 0 aliphatic heterocycles. The number of carbonyl (C=O) groups excluding carboxylic acids is 1. The molecule has 0 spiro atoms. The zero-order chi connectivity index (χ0) is 19.4. The fourth-order valence-corrected chi connectivity index (χ4v) is 3.65. The highest BCUT2D eigenvalue weighted by atomic mass is 32.1. The van der Waals surface area contributed by atoms with Gasteiger partial charge in [-0.15, -0.1) is 11.3 Å². The summed E-state index contributed by atoms with van der Waals surface area (Å²) in [5.74, 6) is 0.153. The van der Waals surface area contributed by atoms with Crippen LogP contribution in [0.5, 0.6) is 5.75 Å². The Morgan fingerprint density at radius 3 is 2.63 bits per heavy atom. The van der Waals surface area contributed by atoms with Gasteiger partial charge in [-0.05, 0) is 23.8 Å². The molecular weight excluding hydrogens is 363 g/mol. The fraction of sp³-hybridized carbons (Fsp3) is 0.238. The molecule has 0 unspecified atom stereocenters. The van der Waals surface area contributed by atoms with Crippen LogP contribution in [0.4, 0.5) is 4.39 Å². The van der Waals surface area contributed by atoms with Crippen LogP contribution >= 0.6 is 11.3 Å². The zero-order valence-corrected chi connectivity index (χ0v) is 16.3. The Hall–Kier alpha value is -2.73. The number of nitrogens with zero attached hydrogens (tertiary/aromatic N) is 1. The molecule has 4 nitrogen and oxygen atoms in total. The van der Waals surface area contributed by atoms with Crippen LogP contribution in [0, 0.1) is 5.82 Å². The Morgan fingerprint density at radius 2 is 1.89 bits per heavy atom. The highest BCUT2D eigenvalue weighted by molar-refractivity contribution is 7.13. The van der Waals surface area contributed by atoms with Crippen LogP contribution < -0.4 is 10.1 Å². The van der Waals surface area contributed by atoms with Crippen molar-refractivity contribution in [3.05, 3.63) is 71.0 Å². The molecule has 0 aliphatic carbocycles. The summed E-state index contributed by atoms with van der Waals surface area (Å²) in [6.45, 7) is 4.09. The lowest BCUT2D eigenvalue weighted by atomic mass is 9.84. The van der Waals surface area contributed by atoms with E-state index in [2.05, 4.69) is 10.3 Å². The maximum Gasteiger partial charge on any atom is 0.270 e. The molecule has 0 saturated heterocycles. The van der Waals surface area contributed by atoms with E-state index in [1.807, 2.05) is 38.1 Å². The van der Waals surface area contributed by atoms with Crippen LogP contribution in [-0.4, -0.2) is 24.5 Å². The maximum atomic E-state index is 14.1. The van der Waals surface area contributed by atoms with E-state index < -0.39 is 5.41 Å². The van der Waals surface area contributed by atoms with Crippen molar-refractivity contribution >= 4 is 17.2 Å². The van der Waals surface area contributed by atoms with Gasteiger partial charge in [0.15, 0.2) is 0 Å². The lowest BCUT2D eigenvalue weighted by Gasteiger charge is -2.25. The van der Waals surface area contributed by atoms with Gasteiger partial charge in [-0.1, -0.05) is 44.2 Å². The van der Waals surface area contributed by atoms with Gasteiger partial charge in [0.2, 0.25) is 0 Å². The first kappa shape index (κ1) is 19.0. The molecule has 1 amide bonds. The predicted octanol–water partition coefficient (Wildman–Crippen LogP) is 4.67. The zero-order valence-electron chi connectivity index (χ0n) is 15.5. The molecule has 27 heavy (non-hydrogen) atoms. The van der Waals surface area contributed by atoms with E-state index >= 15 is 0 Å². The predicted molar refractivity (Wildman–Crippen MR) is 106 cm³/mol. The van der Waals surface area contributed by atoms with Gasteiger partial charge >= 0.3 is 0 Å². The summed E-state index contributed by atoms with van der Waals surface area (Å²) < 4.78 is 19.4. The summed E-state index contributed by atoms with van der Waals surface area (Å²) in [7, 11) is 1.60. The quantitative estimate of drug-likeness (QED) is 0.672. The van der Waals surface area contributed by atoms with Gasteiger partial charge in [0.1, 0.15) is 22.3 Å². The van der Waals surface area contributed by atoms with E-state index in [4.69, 9.17) is 4.74 Å². The summed E-state index contributed by atoms with van der Waals surface area (Å²) in [5, 5.41) is 5.29. The number of nitrogens with one attached hydrogen (secondary N) is 1. The largest absolute Gasteiger partial charge is 0.496 e. The molecular formula is C21H21FN2O2S. The van der Waals surface area contributed by atoms with E-state index in [1.54, 1.807) is 30.7 Å². The van der Waals surface area contributed by atoms with E-state index in [0.717, 1.165) is 5.56 Å². The average Bonchev–Trinajstić information content (AvgIpc) is 3.16. The molecule has 140 valence electrons. The molecule has 0 aliphatic rings. The fourth-order valence-electron chi connectivity index (χ4n) is 2.82. The number of benzene rings is 2. The van der Waals surface area contributed by atoms with Crippen molar-refractivity contribution in [3.8, 4) is 16.3 Å². The first-order valence-electron chi connectivity index (χ1n) is 8.54. The van der Waals surface area contributed by atoms with E-state index in [1.165, 1.54) is 17.4 Å². The molecule has 1 N–H and O–H groups in total. The van der Waals surface area contributed by atoms with Gasteiger partial charge in [-0.25, -0.2) is 9.37 Å². The number of rotatable bonds is 6. The highest BCUT2D eigenvalue weighted by Crippen LogP contribution is 2.32. The molecule has 3 aromatic rings. The van der Waals surface area contributed by atoms with Crippen LogP contribution in [0.1, 0.15) is 29.9 Å². The van der Waals surface area contributed by atoms with Crippen molar-refractivity contribution in [2.75, 3.05) is 13.7 Å². The third-order valence-corrected chi connectivity index (χ3v) is 5.24. The van der Waals surface area contributed by atoms with Crippen LogP contribution in [0.2, 0.25) is 0 Å². The number of hydrogen-bond acceptors (Lipinski definition) is 4. The third kappa shape index (κ3) is 4.17. The van der Waals surface area contributed by atoms with Crippen molar-refractivity contribution < 1.29 is 13.9 Å². The Labute approximate surface area is 162 Å². The first-order valence-corrected chi connectivity index (χ1v) is 9.42. The topological polar surface area (TPSA) is 51.2 Å². The van der Waals surface area contributed by atoms with Crippen LogP contribution in [-0.2, 0) is 5.41 Å². The van der Waals surface area contributed by atoms with Gasteiger partial charge in [0, 0.05) is 17.3 Å². The average molecular weight is 384 g/mol. The number of hydrogen-bond donors (Lipinski definition) is 1. The lowest BCUT2D eigenvalue weighted by Crippen LogP contribution is -2.37. The minimum absolute atomic E-state index is 0.274. The summed E-state index contributed by atoms with van der Waals surface area (Å²) in [5.41, 5.74) is 1.21. The van der Waals surface area contributed by atoms with Crippen molar-refractivity contribution in [2.45, 2.75) is 19.3 Å². The van der Waals surface area contributed by atoms with E-state index in [-0.39, 0.29) is 11.7 Å². The number of aromatic nitrogens is 1. The monoisotopic (exact) mass is 384 g/mol. The standard InChI is InChI=1S/C21H21FN2O2S/c1-21(2,15-9-5-6-10-16(15)22)13-23-19(25)17-12-27-20(24-17)14-8-4-7-11-18(14)26-3/h4-12H,13H2,1-3H3,(H,23,25). The first-order chi connectivity index (χ1) is 12.9. The van der Waals surface area contributed by atoms with Crippen molar-refractivity contribution in [3.63, 3.8) is 0 Å². The number of ether oxygens (including phenoxy) is 1. The van der Waals surface area contributed by atoms with Crippen molar-refractivity contribution in [2.24, 2.45) is 0 Å². The number of halogens is 1. The maximum absolute atomic E-state index is 14.1. The second-order valence-corrected chi connectivity index (χ2v) is 7.64. The lowest BCUT2D eigenvalue weighted by molar-refractivity contribution is 0.0941. The molecule has 2 aromatic carbocycles. The van der Waals surface area contributed by atoms with Crippen LogP contribution in [0.25, 0.3) is 10.6 Å². The second kappa shape index (κ2) is 7.88. The highest BCUT2D eigenvalue weighted by Gasteiger charge is 2.25. The number of para-hydroxylation sites is 1. The molecule has 0 saturated carbocycles. The Kier molecular flexibility index (Phi) is 5.56. The second-order valence-electron chi connectivity index (χ2n) is 6.78. The smallest absolute Gasteiger partial charge is 0.270 e. The Morgan fingerprint density at radius 1 is 1.19 bits per heavy atom. The molecule has 0 radical (unpaired) electrons. The van der Waals surface area contributed by atoms with Gasteiger partial charge < -0.3 is 10.1 Å². The minimum atomic E-state index is -0.539. The van der Waals surface area contributed by atoms with Gasteiger partial charge in [-0.2, -0.15) is 0 Å². The third-order valence-electron chi connectivity index (χ3n) is 4.37. The van der Waals surface area contributed by atoms with E-state index in [0.29, 0.717) is 28.6 Å².